The topological polar surface area (TPSA) is 50.5 Å². The standard InChI is InChI=1S/C21H14F4N4O/c1-28(16-4-2-3-15(22)9-16)20(30)17-12-29-18(10-27-19(29)11-26-17)13-5-7-14(8-6-13)21(23,24)25/h2-12H,1H3. The van der Waals surface area contributed by atoms with Crippen LogP contribution in [-0.4, -0.2) is 27.3 Å². The molecule has 0 radical (unpaired) electrons. The van der Waals surface area contributed by atoms with Gasteiger partial charge in [-0.05, 0) is 30.3 Å². The predicted octanol–water partition coefficient (Wildman–Crippen LogP) is 4.83. The normalized spacial score (nSPS) is 11.6. The molecule has 0 aliphatic heterocycles. The van der Waals surface area contributed by atoms with Crippen LogP contribution in [0, 0.1) is 5.82 Å². The van der Waals surface area contributed by atoms with Crippen molar-refractivity contribution in [1.82, 2.24) is 14.4 Å². The van der Waals surface area contributed by atoms with Crippen molar-refractivity contribution in [2.45, 2.75) is 6.18 Å². The Hall–Kier alpha value is -3.75. The third-order valence-corrected chi connectivity index (χ3v) is 4.62. The van der Waals surface area contributed by atoms with E-state index in [0.717, 1.165) is 12.1 Å². The highest BCUT2D eigenvalue weighted by molar-refractivity contribution is 6.04. The molecule has 0 bridgehead atoms. The number of carbonyl (C=O) groups excluding carboxylic acids is 1. The molecule has 2 heterocycles. The summed E-state index contributed by atoms with van der Waals surface area (Å²) in [4.78, 5) is 22.4. The van der Waals surface area contributed by atoms with Gasteiger partial charge in [-0.2, -0.15) is 13.2 Å². The molecule has 0 N–H and O–H groups in total. The second kappa shape index (κ2) is 7.25. The molecular formula is C21H14F4N4O. The largest absolute Gasteiger partial charge is 0.416 e. The molecule has 4 rings (SSSR count). The van der Waals surface area contributed by atoms with Crippen LogP contribution in [0.25, 0.3) is 16.9 Å². The summed E-state index contributed by atoms with van der Waals surface area (Å²) < 4.78 is 53.5. The molecule has 0 unspecified atom stereocenters. The van der Waals surface area contributed by atoms with Crippen molar-refractivity contribution >= 4 is 17.2 Å². The Bertz CT molecular complexity index is 1230. The molecule has 1 amide bonds. The second-order valence-electron chi connectivity index (χ2n) is 6.56. The summed E-state index contributed by atoms with van der Waals surface area (Å²) in [6.07, 6.45) is -0.0964. The van der Waals surface area contributed by atoms with Crippen LogP contribution in [0.1, 0.15) is 16.1 Å². The molecule has 0 aliphatic carbocycles. The maximum Gasteiger partial charge on any atom is 0.416 e. The lowest BCUT2D eigenvalue weighted by molar-refractivity contribution is -0.137. The van der Waals surface area contributed by atoms with Gasteiger partial charge in [0.1, 0.15) is 11.5 Å². The van der Waals surface area contributed by atoms with Crippen molar-refractivity contribution in [2.24, 2.45) is 0 Å². The molecule has 2 aromatic carbocycles. The summed E-state index contributed by atoms with van der Waals surface area (Å²) in [7, 11) is 1.49. The summed E-state index contributed by atoms with van der Waals surface area (Å²) in [5, 5.41) is 0. The summed E-state index contributed by atoms with van der Waals surface area (Å²) >= 11 is 0. The predicted molar refractivity (Wildman–Crippen MR) is 103 cm³/mol. The lowest BCUT2D eigenvalue weighted by Gasteiger charge is -2.17. The SMILES string of the molecule is CN(C(=O)c1cn2c(-c3ccc(C(F)(F)F)cc3)cnc2cn1)c1cccc(F)c1. The van der Waals surface area contributed by atoms with Crippen LogP contribution in [0.15, 0.2) is 67.1 Å². The maximum absolute atomic E-state index is 13.5. The maximum atomic E-state index is 13.5. The van der Waals surface area contributed by atoms with Crippen molar-refractivity contribution in [1.29, 1.82) is 0 Å². The Morgan fingerprint density at radius 3 is 2.43 bits per heavy atom. The van der Waals surface area contributed by atoms with Crippen LogP contribution in [0.5, 0.6) is 0 Å². The zero-order valence-corrected chi connectivity index (χ0v) is 15.6. The van der Waals surface area contributed by atoms with Crippen molar-refractivity contribution in [3.8, 4) is 11.3 Å². The van der Waals surface area contributed by atoms with Crippen LogP contribution in [0.2, 0.25) is 0 Å². The number of nitrogens with zero attached hydrogens (tertiary/aromatic N) is 4. The molecule has 0 fully saturated rings. The minimum absolute atomic E-state index is 0.0698. The molecule has 0 atom stereocenters. The number of rotatable bonds is 3. The summed E-state index contributed by atoms with van der Waals surface area (Å²) in [6.45, 7) is 0. The van der Waals surface area contributed by atoms with Gasteiger partial charge in [-0.15, -0.1) is 0 Å². The van der Waals surface area contributed by atoms with E-state index < -0.39 is 23.5 Å². The first-order chi connectivity index (χ1) is 14.2. The quantitative estimate of drug-likeness (QED) is 0.451. The lowest BCUT2D eigenvalue weighted by atomic mass is 10.1. The van der Waals surface area contributed by atoms with Crippen molar-refractivity contribution in [3.63, 3.8) is 0 Å². The number of hydrogen-bond acceptors (Lipinski definition) is 3. The summed E-state index contributed by atoms with van der Waals surface area (Å²) in [5.74, 6) is -0.954. The first-order valence-corrected chi connectivity index (χ1v) is 8.78. The fourth-order valence-electron chi connectivity index (χ4n) is 3.02. The fraction of sp³-hybridized carbons (Fsp3) is 0.0952. The molecule has 30 heavy (non-hydrogen) atoms. The highest BCUT2D eigenvalue weighted by Gasteiger charge is 2.30. The average Bonchev–Trinajstić information content (AvgIpc) is 3.15. The average molecular weight is 414 g/mol. The second-order valence-corrected chi connectivity index (χ2v) is 6.56. The van der Waals surface area contributed by atoms with E-state index in [1.165, 1.54) is 60.9 Å². The van der Waals surface area contributed by atoms with Gasteiger partial charge in [-0.25, -0.2) is 14.4 Å². The van der Waals surface area contributed by atoms with E-state index in [0.29, 0.717) is 22.6 Å². The van der Waals surface area contributed by atoms with Crippen LogP contribution >= 0.6 is 0 Å². The minimum Gasteiger partial charge on any atom is -0.310 e. The molecule has 2 aromatic heterocycles. The number of hydrogen-bond donors (Lipinski definition) is 0. The van der Waals surface area contributed by atoms with E-state index in [-0.39, 0.29) is 5.69 Å². The zero-order chi connectivity index (χ0) is 21.5. The van der Waals surface area contributed by atoms with Gasteiger partial charge in [0.2, 0.25) is 0 Å². The Kier molecular flexibility index (Phi) is 4.73. The zero-order valence-electron chi connectivity index (χ0n) is 15.6. The van der Waals surface area contributed by atoms with Gasteiger partial charge in [0, 0.05) is 24.5 Å². The number of carbonyl (C=O) groups is 1. The lowest BCUT2D eigenvalue weighted by Crippen LogP contribution is -2.27. The Balaban J connectivity index is 1.70. The molecule has 152 valence electrons. The van der Waals surface area contributed by atoms with Gasteiger partial charge in [-0.1, -0.05) is 18.2 Å². The molecular weight excluding hydrogens is 400 g/mol. The highest BCUT2D eigenvalue weighted by atomic mass is 19.4. The highest BCUT2D eigenvalue weighted by Crippen LogP contribution is 2.31. The van der Waals surface area contributed by atoms with E-state index in [4.69, 9.17) is 0 Å². The van der Waals surface area contributed by atoms with Gasteiger partial charge in [0.15, 0.2) is 5.65 Å². The van der Waals surface area contributed by atoms with Gasteiger partial charge < -0.3 is 4.90 Å². The van der Waals surface area contributed by atoms with Crippen LogP contribution in [-0.2, 0) is 6.18 Å². The van der Waals surface area contributed by atoms with E-state index >= 15 is 0 Å². The number of benzene rings is 2. The Morgan fingerprint density at radius 1 is 1.03 bits per heavy atom. The van der Waals surface area contributed by atoms with Crippen LogP contribution < -0.4 is 4.90 Å². The first kappa shape index (κ1) is 19.6. The molecule has 0 saturated heterocycles. The smallest absolute Gasteiger partial charge is 0.310 e. The third kappa shape index (κ3) is 3.61. The summed E-state index contributed by atoms with van der Waals surface area (Å²) in [5.41, 5.74) is 1.10. The van der Waals surface area contributed by atoms with E-state index in [1.54, 1.807) is 10.5 Å². The molecule has 0 saturated carbocycles. The number of imidazole rings is 1. The van der Waals surface area contributed by atoms with Gasteiger partial charge >= 0.3 is 6.18 Å². The van der Waals surface area contributed by atoms with Crippen molar-refractivity contribution in [2.75, 3.05) is 11.9 Å². The summed E-state index contributed by atoms with van der Waals surface area (Å²) in [6, 6.07) is 10.2. The van der Waals surface area contributed by atoms with Crippen molar-refractivity contribution in [3.05, 3.63) is 84.2 Å². The van der Waals surface area contributed by atoms with E-state index in [1.807, 2.05) is 0 Å². The number of halogens is 4. The Labute approximate surface area is 168 Å². The molecule has 5 nitrogen and oxygen atoms in total. The monoisotopic (exact) mass is 414 g/mol. The molecule has 9 heteroatoms. The number of anilines is 1. The van der Waals surface area contributed by atoms with E-state index in [2.05, 4.69) is 9.97 Å². The first-order valence-electron chi connectivity index (χ1n) is 8.78. The van der Waals surface area contributed by atoms with Crippen molar-refractivity contribution < 1.29 is 22.4 Å². The molecule has 0 spiro atoms. The number of alkyl halides is 3. The van der Waals surface area contributed by atoms with Gasteiger partial charge in [0.25, 0.3) is 5.91 Å². The third-order valence-electron chi connectivity index (χ3n) is 4.62. The molecule has 0 aliphatic rings. The number of amides is 1. The molecule has 4 aromatic rings. The van der Waals surface area contributed by atoms with Gasteiger partial charge in [0.05, 0.1) is 23.7 Å². The minimum atomic E-state index is -4.43. The number of aromatic nitrogens is 3. The van der Waals surface area contributed by atoms with E-state index in [9.17, 15) is 22.4 Å². The van der Waals surface area contributed by atoms with Gasteiger partial charge in [-0.3, -0.25) is 9.20 Å². The Morgan fingerprint density at radius 2 is 1.77 bits per heavy atom. The van der Waals surface area contributed by atoms with Crippen LogP contribution in [0.3, 0.4) is 0 Å². The number of fused-ring (bicyclic) bond motifs is 1. The van der Waals surface area contributed by atoms with Crippen LogP contribution in [0.4, 0.5) is 23.2 Å². The fourth-order valence-corrected chi connectivity index (χ4v) is 3.02.